The Morgan fingerprint density at radius 1 is 1.03 bits per heavy atom. The van der Waals surface area contributed by atoms with Gasteiger partial charge in [0.1, 0.15) is 5.82 Å². The Balaban J connectivity index is 1.32. The molecule has 1 aliphatic heterocycles. The maximum atomic E-state index is 13.0. The highest BCUT2D eigenvalue weighted by Gasteiger charge is 2.30. The van der Waals surface area contributed by atoms with Crippen LogP contribution in [-0.2, 0) is 10.0 Å². The van der Waals surface area contributed by atoms with Crippen molar-refractivity contribution >= 4 is 32.7 Å². The minimum absolute atomic E-state index is 0.0132. The van der Waals surface area contributed by atoms with Crippen LogP contribution in [0.2, 0.25) is 0 Å². The van der Waals surface area contributed by atoms with Crippen LogP contribution in [0.3, 0.4) is 0 Å². The van der Waals surface area contributed by atoms with Crippen molar-refractivity contribution in [1.29, 1.82) is 0 Å². The molecule has 34 heavy (non-hydrogen) atoms. The third kappa shape index (κ3) is 4.34. The van der Waals surface area contributed by atoms with E-state index in [0.29, 0.717) is 17.8 Å². The van der Waals surface area contributed by atoms with Crippen molar-refractivity contribution in [3.8, 4) is 11.4 Å². The maximum Gasteiger partial charge on any atom is 0.255 e. The van der Waals surface area contributed by atoms with Gasteiger partial charge in [-0.25, -0.2) is 13.4 Å². The molecular formula is C26H26N4O3S. The van der Waals surface area contributed by atoms with E-state index in [9.17, 15) is 13.2 Å². The number of amides is 1. The van der Waals surface area contributed by atoms with Gasteiger partial charge in [0.25, 0.3) is 5.91 Å². The van der Waals surface area contributed by atoms with Gasteiger partial charge in [-0.1, -0.05) is 30.7 Å². The van der Waals surface area contributed by atoms with Gasteiger partial charge in [-0.3, -0.25) is 4.79 Å². The van der Waals surface area contributed by atoms with Crippen LogP contribution in [0.1, 0.15) is 36.5 Å². The number of carbonyl (C=O) groups is 1. The molecule has 0 saturated carbocycles. The third-order valence-electron chi connectivity index (χ3n) is 6.25. The lowest BCUT2D eigenvalue weighted by molar-refractivity contribution is 0.102. The van der Waals surface area contributed by atoms with E-state index in [4.69, 9.17) is 0 Å². The summed E-state index contributed by atoms with van der Waals surface area (Å²) in [6.45, 7) is 2.48. The van der Waals surface area contributed by atoms with Crippen molar-refractivity contribution in [2.45, 2.75) is 37.1 Å². The summed E-state index contributed by atoms with van der Waals surface area (Å²) in [5.74, 6) is 0.413. The number of benzene rings is 3. The van der Waals surface area contributed by atoms with E-state index in [1.165, 1.54) is 12.1 Å². The molecule has 7 nitrogen and oxygen atoms in total. The Morgan fingerprint density at radius 3 is 2.59 bits per heavy atom. The molecule has 1 saturated heterocycles. The molecule has 1 aromatic heterocycles. The number of nitrogens with zero attached hydrogens (tertiary/aromatic N) is 2. The molecule has 0 radical (unpaired) electrons. The summed E-state index contributed by atoms with van der Waals surface area (Å²) in [6.07, 6.45) is 2.79. The normalized spacial score (nSPS) is 17.0. The first-order valence-corrected chi connectivity index (χ1v) is 12.8. The van der Waals surface area contributed by atoms with Gasteiger partial charge >= 0.3 is 0 Å². The number of H-pyrrole nitrogens is 1. The summed E-state index contributed by atoms with van der Waals surface area (Å²) < 4.78 is 27.6. The molecule has 1 amide bonds. The molecule has 0 aliphatic carbocycles. The van der Waals surface area contributed by atoms with Crippen molar-refractivity contribution in [3.63, 3.8) is 0 Å². The number of imidazole rings is 1. The van der Waals surface area contributed by atoms with Crippen molar-refractivity contribution in [3.05, 3.63) is 78.4 Å². The second-order valence-electron chi connectivity index (χ2n) is 8.62. The predicted octanol–water partition coefficient (Wildman–Crippen LogP) is 5.05. The summed E-state index contributed by atoms with van der Waals surface area (Å²) in [6, 6.07) is 21.4. The maximum absolute atomic E-state index is 13.0. The largest absolute Gasteiger partial charge is 0.338 e. The molecule has 0 unspecified atom stereocenters. The van der Waals surface area contributed by atoms with Gasteiger partial charge in [-0.2, -0.15) is 4.31 Å². The number of sulfonamides is 1. The molecule has 5 rings (SSSR count). The number of nitrogens with one attached hydrogen (secondary N) is 2. The van der Waals surface area contributed by atoms with Crippen LogP contribution >= 0.6 is 0 Å². The molecule has 2 N–H and O–H groups in total. The Morgan fingerprint density at radius 2 is 1.82 bits per heavy atom. The zero-order valence-corrected chi connectivity index (χ0v) is 19.7. The van der Waals surface area contributed by atoms with E-state index in [2.05, 4.69) is 15.3 Å². The van der Waals surface area contributed by atoms with E-state index in [-0.39, 0.29) is 16.8 Å². The van der Waals surface area contributed by atoms with Crippen molar-refractivity contribution in [2.24, 2.45) is 0 Å². The summed E-state index contributed by atoms with van der Waals surface area (Å²) in [5.41, 5.74) is 3.69. The monoisotopic (exact) mass is 474 g/mol. The molecule has 2 heterocycles. The fourth-order valence-electron chi connectivity index (χ4n) is 4.38. The zero-order valence-electron chi connectivity index (χ0n) is 18.9. The van der Waals surface area contributed by atoms with Crippen LogP contribution in [0.4, 0.5) is 5.69 Å². The predicted molar refractivity (Wildman–Crippen MR) is 133 cm³/mol. The van der Waals surface area contributed by atoms with Crippen LogP contribution in [0.15, 0.2) is 77.7 Å². The average molecular weight is 475 g/mol. The zero-order chi connectivity index (χ0) is 23.7. The summed E-state index contributed by atoms with van der Waals surface area (Å²) in [4.78, 5) is 20.9. The number of rotatable bonds is 5. The van der Waals surface area contributed by atoms with Crippen LogP contribution in [-0.4, -0.2) is 41.2 Å². The first kappa shape index (κ1) is 22.3. The summed E-state index contributed by atoms with van der Waals surface area (Å²) in [7, 11) is -3.57. The minimum atomic E-state index is -3.57. The van der Waals surface area contributed by atoms with E-state index >= 15 is 0 Å². The average Bonchev–Trinajstić information content (AvgIpc) is 3.29. The highest BCUT2D eigenvalue weighted by Crippen LogP contribution is 2.26. The number of para-hydroxylation sites is 2. The van der Waals surface area contributed by atoms with Gasteiger partial charge < -0.3 is 10.3 Å². The third-order valence-corrected chi connectivity index (χ3v) is 8.28. The Labute approximate surface area is 198 Å². The van der Waals surface area contributed by atoms with E-state index < -0.39 is 10.0 Å². The van der Waals surface area contributed by atoms with E-state index in [1.54, 1.807) is 22.5 Å². The lowest BCUT2D eigenvalue weighted by Gasteiger charge is -2.32. The van der Waals surface area contributed by atoms with Gasteiger partial charge in [0, 0.05) is 29.4 Å². The van der Waals surface area contributed by atoms with Crippen molar-refractivity contribution in [1.82, 2.24) is 14.3 Å². The second-order valence-corrected chi connectivity index (χ2v) is 10.5. The highest BCUT2D eigenvalue weighted by molar-refractivity contribution is 7.89. The number of aromatic nitrogens is 2. The first-order valence-electron chi connectivity index (χ1n) is 11.4. The van der Waals surface area contributed by atoms with Gasteiger partial charge in [0.05, 0.1) is 15.9 Å². The lowest BCUT2D eigenvalue weighted by Crippen LogP contribution is -2.41. The molecule has 1 fully saturated rings. The van der Waals surface area contributed by atoms with Crippen LogP contribution < -0.4 is 5.32 Å². The first-order chi connectivity index (χ1) is 16.4. The SMILES string of the molecule is C[C@H]1CCCCN1S(=O)(=O)c1ccc(C(=O)Nc2cccc(-c3nc4ccccc4[nH]3)c2)cc1. The smallest absolute Gasteiger partial charge is 0.255 e. The molecule has 8 heteroatoms. The molecular weight excluding hydrogens is 448 g/mol. The van der Waals surface area contributed by atoms with E-state index in [0.717, 1.165) is 41.7 Å². The van der Waals surface area contributed by atoms with Crippen LogP contribution in [0.5, 0.6) is 0 Å². The minimum Gasteiger partial charge on any atom is -0.338 e. The summed E-state index contributed by atoms with van der Waals surface area (Å²) in [5, 5.41) is 2.89. The lowest BCUT2D eigenvalue weighted by atomic mass is 10.1. The molecule has 0 spiro atoms. The fraction of sp³-hybridized carbons (Fsp3) is 0.231. The molecule has 1 aliphatic rings. The fourth-order valence-corrected chi connectivity index (χ4v) is 6.08. The van der Waals surface area contributed by atoms with Gasteiger partial charge in [0.2, 0.25) is 10.0 Å². The number of fused-ring (bicyclic) bond motifs is 1. The standard InChI is InChI=1S/C26H26N4O3S/c1-18-7-4-5-16-30(18)34(32,33)22-14-12-19(13-15-22)26(31)27-21-9-6-8-20(17-21)25-28-23-10-2-3-11-24(23)29-25/h2-3,6,8-15,17-18H,4-5,7,16H2,1H3,(H,27,31)(H,28,29)/t18-/m0/s1. The number of hydrogen-bond acceptors (Lipinski definition) is 4. The molecule has 174 valence electrons. The number of aromatic amines is 1. The molecule has 0 bridgehead atoms. The Kier molecular flexibility index (Phi) is 5.93. The molecule has 3 aromatic carbocycles. The van der Waals surface area contributed by atoms with Gasteiger partial charge in [-0.05, 0) is 68.3 Å². The number of anilines is 1. The molecule has 4 aromatic rings. The second kappa shape index (κ2) is 9.04. The quantitative estimate of drug-likeness (QED) is 0.423. The Hall–Kier alpha value is -3.49. The van der Waals surface area contributed by atoms with E-state index in [1.807, 2.05) is 49.4 Å². The molecule has 1 atom stereocenters. The summed E-state index contributed by atoms with van der Waals surface area (Å²) >= 11 is 0. The highest BCUT2D eigenvalue weighted by atomic mass is 32.2. The van der Waals surface area contributed by atoms with Crippen LogP contribution in [0, 0.1) is 0 Å². The number of carbonyl (C=O) groups excluding carboxylic acids is 1. The Bertz CT molecular complexity index is 1410. The van der Waals surface area contributed by atoms with Crippen molar-refractivity contribution in [2.75, 3.05) is 11.9 Å². The van der Waals surface area contributed by atoms with Gasteiger partial charge in [0.15, 0.2) is 0 Å². The van der Waals surface area contributed by atoms with Gasteiger partial charge in [-0.15, -0.1) is 0 Å². The van der Waals surface area contributed by atoms with Crippen molar-refractivity contribution < 1.29 is 13.2 Å². The number of hydrogen-bond donors (Lipinski definition) is 2. The topological polar surface area (TPSA) is 95.2 Å². The van der Waals surface area contributed by atoms with Crippen LogP contribution in [0.25, 0.3) is 22.4 Å². The number of piperidine rings is 1.